The fraction of sp³-hybridized carbons (Fsp3) is 0. The van der Waals surface area contributed by atoms with Crippen molar-refractivity contribution < 1.29 is 36.1 Å². The van der Waals surface area contributed by atoms with E-state index in [1.165, 1.54) is 12.2 Å². The Labute approximate surface area is 149 Å². The van der Waals surface area contributed by atoms with Gasteiger partial charge in [0.25, 0.3) is 0 Å². The van der Waals surface area contributed by atoms with Gasteiger partial charge in [0.05, 0.1) is 0 Å². The van der Waals surface area contributed by atoms with E-state index in [9.17, 15) is 19.0 Å². The van der Waals surface area contributed by atoms with Crippen molar-refractivity contribution in [3.05, 3.63) is 102 Å². The zero-order valence-electron chi connectivity index (χ0n) is 12.5. The zero-order valence-corrected chi connectivity index (χ0v) is 13.6. The Kier molecular flexibility index (Phi) is 7.83. The molecule has 2 nitrogen and oxygen atoms in total. The van der Waals surface area contributed by atoms with E-state index in [-0.39, 0.29) is 17.1 Å². The third kappa shape index (κ3) is 5.61. The fourth-order valence-electron chi connectivity index (χ4n) is 1.84. The molecular formula is C19H14F2FeO2. The standard InChI is InChI=1S/C14H10F2O2.C5H5.Fe/c15-10-7-11(14(18)12(16)8-10)13(17)6-5-9-3-1-2-4-9;1-2-4-5-3-1;/h1-8,17-18H;1-5H;/q;-1;+2/p-1/b13-6-;;. The van der Waals surface area contributed by atoms with E-state index in [1.807, 2.05) is 30.3 Å². The van der Waals surface area contributed by atoms with Gasteiger partial charge in [-0.05, 0) is 17.7 Å². The van der Waals surface area contributed by atoms with Crippen LogP contribution in [0.1, 0.15) is 5.56 Å². The van der Waals surface area contributed by atoms with Gasteiger partial charge in [-0.1, -0.05) is 36.1 Å². The number of benzene rings is 1. The van der Waals surface area contributed by atoms with E-state index >= 15 is 0 Å². The third-order valence-corrected chi connectivity index (χ3v) is 2.96. The number of halogens is 2. The van der Waals surface area contributed by atoms with Crippen LogP contribution in [0.4, 0.5) is 8.78 Å². The summed E-state index contributed by atoms with van der Waals surface area (Å²) in [5.74, 6) is -3.63. The van der Waals surface area contributed by atoms with Gasteiger partial charge in [-0.2, -0.15) is 18.2 Å². The van der Waals surface area contributed by atoms with Crippen LogP contribution < -0.4 is 5.11 Å². The minimum atomic E-state index is -1.22. The zero-order chi connectivity index (χ0) is 16.7. The smallest absolute Gasteiger partial charge is 0.870 e. The molecule has 24 heavy (non-hydrogen) atoms. The molecule has 0 spiro atoms. The van der Waals surface area contributed by atoms with Gasteiger partial charge in [0.1, 0.15) is 17.4 Å². The number of aliphatic hydroxyl groups excluding tert-OH is 1. The van der Waals surface area contributed by atoms with Gasteiger partial charge in [0.15, 0.2) is 0 Å². The van der Waals surface area contributed by atoms with Crippen molar-refractivity contribution in [2.45, 2.75) is 0 Å². The number of hydrogen-bond acceptors (Lipinski definition) is 2. The maximum absolute atomic E-state index is 13.0. The Bertz CT molecular complexity index is 742. The maximum atomic E-state index is 13.0. The first kappa shape index (κ1) is 19.6. The second-order valence-corrected chi connectivity index (χ2v) is 4.66. The van der Waals surface area contributed by atoms with Crippen LogP contribution in [-0.4, -0.2) is 5.11 Å². The van der Waals surface area contributed by atoms with Crippen molar-refractivity contribution in [2.24, 2.45) is 0 Å². The minimum Gasteiger partial charge on any atom is -0.870 e. The molecule has 0 aliphatic heterocycles. The summed E-state index contributed by atoms with van der Waals surface area (Å²) in [5, 5.41) is 21.0. The Morgan fingerprint density at radius 2 is 1.71 bits per heavy atom. The van der Waals surface area contributed by atoms with E-state index in [4.69, 9.17) is 0 Å². The summed E-state index contributed by atoms with van der Waals surface area (Å²) in [5.41, 5.74) is 0.418. The Morgan fingerprint density at radius 1 is 1.08 bits per heavy atom. The van der Waals surface area contributed by atoms with Gasteiger partial charge in [-0.15, -0.1) is 0 Å². The van der Waals surface area contributed by atoms with E-state index in [0.717, 1.165) is 11.6 Å². The molecule has 2 aromatic carbocycles. The van der Waals surface area contributed by atoms with Crippen molar-refractivity contribution in [2.75, 3.05) is 0 Å². The molecule has 1 N–H and O–H groups in total. The van der Waals surface area contributed by atoms with Crippen LogP contribution in [0.2, 0.25) is 0 Å². The second kappa shape index (κ2) is 9.60. The van der Waals surface area contributed by atoms with Crippen molar-refractivity contribution in [3.8, 4) is 5.75 Å². The summed E-state index contributed by atoms with van der Waals surface area (Å²) in [6.45, 7) is 0. The molecule has 1 aliphatic rings. The molecule has 2 aromatic rings. The predicted molar refractivity (Wildman–Crippen MR) is 84.8 cm³/mol. The monoisotopic (exact) mass is 368 g/mol. The molecule has 0 aromatic heterocycles. The summed E-state index contributed by atoms with van der Waals surface area (Å²) in [6.07, 6.45) is 9.94. The normalized spacial score (nSPS) is 12.4. The molecule has 0 amide bonds. The van der Waals surface area contributed by atoms with Crippen molar-refractivity contribution in [1.82, 2.24) is 0 Å². The van der Waals surface area contributed by atoms with Crippen LogP contribution in [0.15, 0.2) is 84.5 Å². The molecule has 0 atom stereocenters. The molecule has 124 valence electrons. The molecule has 0 saturated carbocycles. The Morgan fingerprint density at radius 3 is 2.25 bits per heavy atom. The average molecular weight is 368 g/mol. The molecule has 0 unspecified atom stereocenters. The molecular weight excluding hydrogens is 354 g/mol. The summed E-state index contributed by atoms with van der Waals surface area (Å²) in [6, 6.07) is 11.3. The minimum absolute atomic E-state index is 0. The van der Waals surface area contributed by atoms with Crippen molar-refractivity contribution in [1.29, 1.82) is 0 Å². The van der Waals surface area contributed by atoms with Crippen LogP contribution in [-0.2, 0) is 17.1 Å². The topological polar surface area (TPSA) is 43.3 Å². The first-order valence-corrected chi connectivity index (χ1v) is 6.87. The molecule has 0 bridgehead atoms. The number of rotatable bonds is 2. The van der Waals surface area contributed by atoms with Gasteiger partial charge < -0.3 is 10.2 Å². The van der Waals surface area contributed by atoms with E-state index in [2.05, 4.69) is 0 Å². The van der Waals surface area contributed by atoms with Crippen LogP contribution in [0.5, 0.6) is 5.75 Å². The first-order valence-electron chi connectivity index (χ1n) is 6.87. The predicted octanol–water partition coefficient (Wildman–Crippen LogP) is 4.39. The SMILES string of the molecule is [Fe+2].[O-]c1c(F)cc(F)cc1/C(O)=C/C=C1C=CC=C1.c1cc[cH-]c1. The van der Waals surface area contributed by atoms with Gasteiger partial charge in [-0.3, -0.25) is 0 Å². The van der Waals surface area contributed by atoms with E-state index in [1.54, 1.807) is 24.3 Å². The number of allylic oxidation sites excluding steroid dienone is 7. The summed E-state index contributed by atoms with van der Waals surface area (Å²) in [7, 11) is 0. The maximum Gasteiger partial charge on any atom is 2.00 e. The molecule has 1 aliphatic carbocycles. The summed E-state index contributed by atoms with van der Waals surface area (Å²) < 4.78 is 26.0. The second-order valence-electron chi connectivity index (χ2n) is 4.66. The van der Waals surface area contributed by atoms with Gasteiger partial charge in [-0.25, -0.2) is 20.9 Å². The Balaban J connectivity index is 0.000000412. The van der Waals surface area contributed by atoms with Crippen molar-refractivity contribution in [3.63, 3.8) is 0 Å². The molecule has 0 heterocycles. The fourth-order valence-corrected chi connectivity index (χ4v) is 1.84. The van der Waals surface area contributed by atoms with Crippen LogP contribution in [0.25, 0.3) is 5.76 Å². The van der Waals surface area contributed by atoms with Crippen molar-refractivity contribution >= 4 is 5.76 Å². The van der Waals surface area contributed by atoms with Crippen LogP contribution >= 0.6 is 0 Å². The quantitative estimate of drug-likeness (QED) is 0.485. The van der Waals surface area contributed by atoms with Crippen LogP contribution in [0, 0.1) is 11.6 Å². The third-order valence-electron chi connectivity index (χ3n) is 2.96. The van der Waals surface area contributed by atoms with Gasteiger partial charge in [0, 0.05) is 11.6 Å². The number of aliphatic hydroxyl groups is 1. The average Bonchev–Trinajstić information content (AvgIpc) is 3.24. The molecule has 0 radical (unpaired) electrons. The Hall–Kier alpha value is -2.49. The van der Waals surface area contributed by atoms with Gasteiger partial charge >= 0.3 is 17.1 Å². The largest absolute Gasteiger partial charge is 2.00 e. The van der Waals surface area contributed by atoms with E-state index in [0.29, 0.717) is 6.07 Å². The first-order chi connectivity index (χ1) is 11.1. The van der Waals surface area contributed by atoms with Gasteiger partial charge in [0.2, 0.25) is 0 Å². The van der Waals surface area contributed by atoms with Crippen LogP contribution in [0.3, 0.4) is 0 Å². The molecule has 5 heteroatoms. The van der Waals surface area contributed by atoms with E-state index < -0.39 is 28.7 Å². The summed E-state index contributed by atoms with van der Waals surface area (Å²) >= 11 is 0. The molecule has 3 rings (SSSR count). The molecule has 0 saturated heterocycles. The number of hydrogen-bond donors (Lipinski definition) is 1. The molecule has 0 fully saturated rings. The summed E-state index contributed by atoms with van der Waals surface area (Å²) in [4.78, 5) is 0.